The molecular formula is C24H29N5O3. The molecule has 0 bridgehead atoms. The lowest BCUT2D eigenvalue weighted by Gasteiger charge is -2.39. The van der Waals surface area contributed by atoms with Crippen LogP contribution in [0.25, 0.3) is 10.9 Å². The number of carbonyl (C=O) groups excluding carboxylic acids is 1. The highest BCUT2D eigenvalue weighted by molar-refractivity contribution is 5.94. The first-order chi connectivity index (χ1) is 15.6. The number of nitrogens with one attached hydrogen (secondary N) is 1. The van der Waals surface area contributed by atoms with Crippen molar-refractivity contribution < 1.29 is 14.6 Å². The van der Waals surface area contributed by atoms with Crippen molar-refractivity contribution >= 4 is 22.5 Å². The van der Waals surface area contributed by atoms with E-state index in [-0.39, 0.29) is 12.5 Å². The molecule has 0 spiro atoms. The largest absolute Gasteiger partial charge is 0.494 e. The average molecular weight is 436 g/mol. The topological polar surface area (TPSA) is 114 Å². The molecular weight excluding hydrogens is 406 g/mol. The van der Waals surface area contributed by atoms with Gasteiger partial charge in [0.25, 0.3) is 5.91 Å². The maximum absolute atomic E-state index is 12.6. The van der Waals surface area contributed by atoms with Crippen LogP contribution in [0.2, 0.25) is 0 Å². The number of piperidine rings is 1. The Labute approximate surface area is 187 Å². The Bertz CT molecular complexity index is 1060. The molecule has 3 heterocycles. The van der Waals surface area contributed by atoms with Gasteiger partial charge in [-0.25, -0.2) is 0 Å². The molecule has 4 N–H and O–H groups in total. The molecule has 1 aliphatic rings. The van der Waals surface area contributed by atoms with Gasteiger partial charge in [0.15, 0.2) is 0 Å². The molecule has 2 aromatic heterocycles. The van der Waals surface area contributed by atoms with Gasteiger partial charge in [-0.2, -0.15) is 0 Å². The molecule has 1 aromatic carbocycles. The van der Waals surface area contributed by atoms with E-state index in [2.05, 4.69) is 20.2 Å². The number of hydrogen-bond acceptors (Lipinski definition) is 7. The molecule has 0 unspecified atom stereocenters. The van der Waals surface area contributed by atoms with Gasteiger partial charge < -0.3 is 25.8 Å². The summed E-state index contributed by atoms with van der Waals surface area (Å²) in [5.74, 6) is 0.411. The fourth-order valence-electron chi connectivity index (χ4n) is 3.94. The van der Waals surface area contributed by atoms with Gasteiger partial charge in [-0.1, -0.05) is 6.07 Å². The number of pyridine rings is 2. The number of benzene rings is 1. The van der Waals surface area contributed by atoms with Crippen molar-refractivity contribution in [3.8, 4) is 5.75 Å². The molecule has 4 rings (SSSR count). The molecule has 1 aliphatic heterocycles. The van der Waals surface area contributed by atoms with Crippen molar-refractivity contribution in [1.29, 1.82) is 0 Å². The summed E-state index contributed by atoms with van der Waals surface area (Å²) in [6, 6.07) is 10.9. The van der Waals surface area contributed by atoms with E-state index in [0.717, 1.165) is 23.0 Å². The van der Waals surface area contributed by atoms with Gasteiger partial charge in [-0.15, -0.1) is 0 Å². The number of aliphatic hydroxyl groups is 1. The van der Waals surface area contributed by atoms with Crippen LogP contribution in [0.4, 0.5) is 5.69 Å². The quantitative estimate of drug-likeness (QED) is 0.465. The third-order valence-electron chi connectivity index (χ3n) is 5.85. The zero-order valence-electron chi connectivity index (χ0n) is 18.0. The summed E-state index contributed by atoms with van der Waals surface area (Å²) in [7, 11) is 0. The predicted molar refractivity (Wildman–Crippen MR) is 124 cm³/mol. The number of nitrogens with zero attached hydrogens (tertiary/aromatic N) is 3. The minimum atomic E-state index is -0.942. The fraction of sp³-hybridized carbons (Fsp3) is 0.375. The molecule has 0 aliphatic carbocycles. The highest BCUT2D eigenvalue weighted by atomic mass is 16.5. The van der Waals surface area contributed by atoms with E-state index in [1.54, 1.807) is 30.6 Å². The van der Waals surface area contributed by atoms with E-state index >= 15 is 0 Å². The molecule has 0 saturated carbocycles. The van der Waals surface area contributed by atoms with E-state index in [0.29, 0.717) is 50.4 Å². The summed E-state index contributed by atoms with van der Waals surface area (Å²) in [5.41, 5.74) is 7.02. The molecule has 0 radical (unpaired) electrons. The standard InChI is InChI=1S/C24H29N5O3/c25-9-2-14-32-19-4-1-3-18(15-19)23(30)28-17-24(31)7-12-29(13-8-24)22-6-11-27-21-5-10-26-16-20(21)22/h1,3-6,10-11,15-16,31H,2,7-9,12-14,17,25H2,(H,28,30). The summed E-state index contributed by atoms with van der Waals surface area (Å²) in [6.07, 6.45) is 7.23. The monoisotopic (exact) mass is 435 g/mol. The van der Waals surface area contributed by atoms with Crippen LogP contribution >= 0.6 is 0 Å². The number of amides is 1. The Morgan fingerprint density at radius 1 is 1.22 bits per heavy atom. The molecule has 1 amide bonds. The maximum atomic E-state index is 12.6. The number of nitrogens with two attached hydrogens (primary N) is 1. The van der Waals surface area contributed by atoms with Crippen molar-refractivity contribution in [3.63, 3.8) is 0 Å². The van der Waals surface area contributed by atoms with E-state index in [1.165, 1.54) is 0 Å². The maximum Gasteiger partial charge on any atom is 0.251 e. The summed E-state index contributed by atoms with van der Waals surface area (Å²) >= 11 is 0. The third kappa shape index (κ3) is 5.15. The van der Waals surface area contributed by atoms with Crippen molar-refractivity contribution in [2.24, 2.45) is 5.73 Å². The normalized spacial score (nSPS) is 15.5. The third-order valence-corrected chi connectivity index (χ3v) is 5.85. The Hall–Kier alpha value is -3.23. The zero-order chi connectivity index (χ0) is 22.4. The molecule has 3 aromatic rings. The van der Waals surface area contributed by atoms with E-state index in [4.69, 9.17) is 10.5 Å². The van der Waals surface area contributed by atoms with Crippen molar-refractivity contribution in [1.82, 2.24) is 15.3 Å². The lowest BCUT2D eigenvalue weighted by Crippen LogP contribution is -2.51. The number of anilines is 1. The van der Waals surface area contributed by atoms with Gasteiger partial charge in [-0.05, 0) is 56.1 Å². The first-order valence-corrected chi connectivity index (χ1v) is 11.0. The van der Waals surface area contributed by atoms with Crippen LogP contribution in [0.3, 0.4) is 0 Å². The smallest absolute Gasteiger partial charge is 0.251 e. The van der Waals surface area contributed by atoms with Gasteiger partial charge in [0.2, 0.25) is 0 Å². The minimum Gasteiger partial charge on any atom is -0.494 e. The van der Waals surface area contributed by atoms with Crippen LogP contribution in [0.5, 0.6) is 5.75 Å². The summed E-state index contributed by atoms with van der Waals surface area (Å²) in [6.45, 7) is 2.65. The lowest BCUT2D eigenvalue weighted by molar-refractivity contribution is 0.0166. The van der Waals surface area contributed by atoms with Crippen molar-refractivity contribution in [3.05, 3.63) is 60.6 Å². The average Bonchev–Trinajstić information content (AvgIpc) is 2.83. The number of carbonyl (C=O) groups is 1. The number of fused-ring (bicyclic) bond motifs is 1. The Morgan fingerprint density at radius 3 is 2.88 bits per heavy atom. The van der Waals surface area contributed by atoms with Gasteiger partial charge in [0, 0.05) is 54.9 Å². The van der Waals surface area contributed by atoms with E-state index in [9.17, 15) is 9.90 Å². The molecule has 1 fully saturated rings. The predicted octanol–water partition coefficient (Wildman–Crippen LogP) is 2.12. The molecule has 8 nitrogen and oxygen atoms in total. The first kappa shape index (κ1) is 22.0. The van der Waals surface area contributed by atoms with Gasteiger partial charge in [0.1, 0.15) is 5.75 Å². The van der Waals surface area contributed by atoms with Crippen LogP contribution in [-0.4, -0.2) is 59.4 Å². The van der Waals surface area contributed by atoms with Gasteiger partial charge >= 0.3 is 0 Å². The zero-order valence-corrected chi connectivity index (χ0v) is 18.0. The summed E-state index contributed by atoms with van der Waals surface area (Å²) in [4.78, 5) is 23.5. The molecule has 8 heteroatoms. The molecule has 32 heavy (non-hydrogen) atoms. The van der Waals surface area contributed by atoms with Gasteiger partial charge in [-0.3, -0.25) is 14.8 Å². The van der Waals surface area contributed by atoms with E-state index < -0.39 is 5.60 Å². The Morgan fingerprint density at radius 2 is 2.06 bits per heavy atom. The number of aromatic nitrogens is 2. The van der Waals surface area contributed by atoms with Crippen LogP contribution in [-0.2, 0) is 0 Å². The second-order valence-corrected chi connectivity index (χ2v) is 8.14. The van der Waals surface area contributed by atoms with Crippen LogP contribution < -0.4 is 20.7 Å². The molecule has 1 saturated heterocycles. The van der Waals surface area contributed by atoms with E-state index in [1.807, 2.05) is 24.4 Å². The highest BCUT2D eigenvalue weighted by Gasteiger charge is 2.33. The SMILES string of the molecule is NCCCOc1cccc(C(=O)NCC2(O)CCN(c3ccnc4ccncc34)CC2)c1. The number of ether oxygens (including phenoxy) is 1. The lowest BCUT2D eigenvalue weighted by atomic mass is 9.90. The van der Waals surface area contributed by atoms with Crippen molar-refractivity contribution in [2.45, 2.75) is 24.9 Å². The second-order valence-electron chi connectivity index (χ2n) is 8.14. The summed E-state index contributed by atoms with van der Waals surface area (Å²) in [5, 5.41) is 14.9. The van der Waals surface area contributed by atoms with Gasteiger partial charge in [0.05, 0.1) is 17.7 Å². The second kappa shape index (κ2) is 9.93. The molecule has 0 atom stereocenters. The Balaban J connectivity index is 1.33. The Kier molecular flexibility index (Phi) is 6.82. The van der Waals surface area contributed by atoms with Crippen LogP contribution in [0.15, 0.2) is 55.0 Å². The van der Waals surface area contributed by atoms with Crippen molar-refractivity contribution in [2.75, 3.05) is 37.7 Å². The minimum absolute atomic E-state index is 0.205. The number of rotatable bonds is 8. The highest BCUT2D eigenvalue weighted by Crippen LogP contribution is 2.30. The summed E-state index contributed by atoms with van der Waals surface area (Å²) < 4.78 is 5.61. The molecule has 168 valence electrons. The number of hydrogen-bond donors (Lipinski definition) is 3. The fourth-order valence-corrected chi connectivity index (χ4v) is 3.94. The van der Waals surface area contributed by atoms with Crippen LogP contribution in [0, 0.1) is 0 Å². The first-order valence-electron chi connectivity index (χ1n) is 11.0. The van der Waals surface area contributed by atoms with Crippen LogP contribution in [0.1, 0.15) is 29.6 Å².